The van der Waals surface area contributed by atoms with Crippen molar-refractivity contribution in [2.75, 3.05) is 0 Å². The van der Waals surface area contributed by atoms with Crippen LogP contribution in [0.1, 0.15) is 123 Å². The van der Waals surface area contributed by atoms with Gasteiger partial charge in [0.25, 0.3) is 0 Å². The lowest BCUT2D eigenvalue weighted by Crippen LogP contribution is -2.66. The Hall–Kier alpha value is -3.21. The highest BCUT2D eigenvalue weighted by Crippen LogP contribution is 2.75. The molecule has 0 radical (unpaired) electrons. The van der Waals surface area contributed by atoms with Gasteiger partial charge in [-0.25, -0.2) is 0 Å². The number of fused-ring (bicyclic) bond motifs is 7. The van der Waals surface area contributed by atoms with Crippen LogP contribution in [0.25, 0.3) is 0 Å². The van der Waals surface area contributed by atoms with Crippen LogP contribution >= 0.6 is 0 Å². The van der Waals surface area contributed by atoms with Gasteiger partial charge in [0, 0.05) is 5.92 Å². The molecule has 256 valence electrons. The van der Waals surface area contributed by atoms with E-state index >= 15 is 0 Å². The van der Waals surface area contributed by atoms with Crippen molar-refractivity contribution in [2.24, 2.45) is 50.2 Å². The maximum absolute atomic E-state index is 14.7. The third-order valence-corrected chi connectivity index (χ3v) is 15.4. The minimum absolute atomic E-state index is 0.0133. The molecule has 2 aromatic rings. The van der Waals surface area contributed by atoms with E-state index in [0.717, 1.165) is 62.5 Å². The van der Waals surface area contributed by atoms with Gasteiger partial charge in [-0.15, -0.1) is 0 Å². The molecule has 48 heavy (non-hydrogen) atoms. The molecule has 7 rings (SSSR count). The minimum atomic E-state index is -0.798. The van der Waals surface area contributed by atoms with Gasteiger partial charge >= 0.3 is 11.9 Å². The van der Waals surface area contributed by atoms with E-state index in [2.05, 4.69) is 34.6 Å². The molecule has 5 heteroatoms. The Bertz CT molecular complexity index is 1610. The maximum Gasteiger partial charge on any atom is 0.312 e. The molecule has 9 atom stereocenters. The minimum Gasteiger partial charge on any atom is -0.481 e. The Labute approximate surface area is 286 Å². The number of hydrogen-bond acceptors (Lipinski definition) is 4. The van der Waals surface area contributed by atoms with Gasteiger partial charge in [0.05, 0.1) is 10.8 Å². The summed E-state index contributed by atoms with van der Waals surface area (Å²) in [5, 5.41) is 10.4. The van der Waals surface area contributed by atoms with Crippen molar-refractivity contribution in [2.45, 2.75) is 112 Å². The highest BCUT2D eigenvalue weighted by molar-refractivity contribution is 5.96. The first-order chi connectivity index (χ1) is 22.6. The second-order valence-corrected chi connectivity index (χ2v) is 17.9. The van der Waals surface area contributed by atoms with Crippen molar-refractivity contribution in [3.63, 3.8) is 0 Å². The number of rotatable bonds is 5. The molecular weight excluding hydrogens is 596 g/mol. The molecule has 0 aliphatic heterocycles. The molecule has 0 heterocycles. The van der Waals surface area contributed by atoms with E-state index < -0.39 is 22.9 Å². The van der Waals surface area contributed by atoms with Crippen LogP contribution in [0, 0.1) is 50.2 Å². The van der Waals surface area contributed by atoms with E-state index in [-0.39, 0.29) is 51.2 Å². The first kappa shape index (κ1) is 33.3. The fourth-order valence-corrected chi connectivity index (χ4v) is 12.2. The van der Waals surface area contributed by atoms with Crippen LogP contribution in [-0.2, 0) is 19.1 Å². The van der Waals surface area contributed by atoms with Crippen LogP contribution in [0.4, 0.5) is 0 Å². The van der Waals surface area contributed by atoms with Crippen LogP contribution in [-0.4, -0.2) is 22.8 Å². The summed E-state index contributed by atoms with van der Waals surface area (Å²) in [6.07, 6.45) is 10.1. The number of esters is 1. The van der Waals surface area contributed by atoms with Crippen molar-refractivity contribution in [1.29, 1.82) is 0 Å². The summed E-state index contributed by atoms with van der Waals surface area (Å²) in [4.78, 5) is 41.8. The molecule has 5 nitrogen and oxygen atoms in total. The van der Waals surface area contributed by atoms with Crippen molar-refractivity contribution in [3.05, 3.63) is 83.4 Å². The van der Waals surface area contributed by atoms with E-state index in [9.17, 15) is 19.5 Å². The lowest BCUT2D eigenvalue weighted by atomic mass is 9.33. The van der Waals surface area contributed by atoms with Crippen LogP contribution in [0.2, 0.25) is 0 Å². The number of carboxylic acids is 1. The summed E-state index contributed by atoms with van der Waals surface area (Å²) in [7, 11) is 0. The Morgan fingerprint density at radius 3 is 2.00 bits per heavy atom. The van der Waals surface area contributed by atoms with Gasteiger partial charge in [0.1, 0.15) is 0 Å². The summed E-state index contributed by atoms with van der Waals surface area (Å²) >= 11 is 0. The highest BCUT2D eigenvalue weighted by atomic mass is 16.5. The number of hydrogen-bond donors (Lipinski definition) is 1. The highest BCUT2D eigenvalue weighted by Gasteiger charge is 2.70. The second-order valence-electron chi connectivity index (χ2n) is 17.9. The van der Waals surface area contributed by atoms with Crippen LogP contribution in [0.5, 0.6) is 0 Å². The normalized spacial score (nSPS) is 42.0. The zero-order valence-electron chi connectivity index (χ0n) is 29.8. The number of benzene rings is 2. The lowest BCUT2D eigenvalue weighted by Gasteiger charge is -2.70. The molecular formula is C43H54O5. The molecule has 0 amide bonds. The lowest BCUT2D eigenvalue weighted by molar-refractivity contribution is -0.197. The smallest absolute Gasteiger partial charge is 0.312 e. The third-order valence-electron chi connectivity index (χ3n) is 15.4. The molecule has 0 bridgehead atoms. The molecule has 0 unspecified atom stereocenters. The molecule has 4 saturated carbocycles. The largest absolute Gasteiger partial charge is 0.481 e. The third kappa shape index (κ3) is 4.65. The van der Waals surface area contributed by atoms with Gasteiger partial charge in [0.15, 0.2) is 11.9 Å². The van der Waals surface area contributed by atoms with Gasteiger partial charge < -0.3 is 9.84 Å². The predicted octanol–water partition coefficient (Wildman–Crippen LogP) is 9.75. The molecule has 0 aromatic heterocycles. The molecule has 5 aliphatic rings. The average molecular weight is 651 g/mol. The zero-order chi connectivity index (χ0) is 34.3. The number of ketones is 1. The second kappa shape index (κ2) is 11.2. The summed E-state index contributed by atoms with van der Waals surface area (Å²) in [6.45, 7) is 13.4. The Morgan fingerprint density at radius 2 is 1.40 bits per heavy atom. The SMILES string of the molecule is C[C@]1(C(=O)OC(c2ccccc2)c2ccccc2)CC[C@]2(C)CC[C@]3(C)C(=CC(=O)[C@@H]4[C@@]5(C)CCC[C@@](C)(C(=O)O)[C@@H]5CC[C@]43C)[C@@H]2C1. The van der Waals surface area contributed by atoms with Crippen molar-refractivity contribution >= 4 is 17.7 Å². The van der Waals surface area contributed by atoms with E-state index in [4.69, 9.17) is 4.74 Å². The number of ether oxygens (including phenoxy) is 1. The molecule has 5 aliphatic carbocycles. The summed E-state index contributed by atoms with van der Waals surface area (Å²) < 4.78 is 6.50. The molecule has 4 fully saturated rings. The summed E-state index contributed by atoms with van der Waals surface area (Å²) in [5.74, 6) is -0.781. The van der Waals surface area contributed by atoms with Gasteiger partial charge in [-0.3, -0.25) is 14.4 Å². The summed E-state index contributed by atoms with van der Waals surface area (Å²) in [5.41, 5.74) is 0.887. The summed E-state index contributed by atoms with van der Waals surface area (Å²) in [6, 6.07) is 20.0. The van der Waals surface area contributed by atoms with Crippen molar-refractivity contribution < 1.29 is 24.2 Å². The number of carbonyl (C=O) groups is 3. The standard InChI is InChI=1S/C43H54O5/c1-38-22-23-39(2,37(47)48-34(28-14-9-7-10-15-28)29-16-11-8-12-17-29)27-31(38)30-26-32(44)35-40(3)19-13-20-41(4,36(45)46)33(40)18-21-43(35,6)42(30,5)25-24-38/h7-12,14-17,26,31,33-35H,13,18-25,27H2,1-6H3,(H,45,46)/t31-,33+,35+,38+,39-,40-,41+,42+,43+/m0/s1. The fourth-order valence-electron chi connectivity index (χ4n) is 12.2. The predicted molar refractivity (Wildman–Crippen MR) is 187 cm³/mol. The van der Waals surface area contributed by atoms with Crippen LogP contribution < -0.4 is 0 Å². The van der Waals surface area contributed by atoms with Crippen molar-refractivity contribution in [1.82, 2.24) is 0 Å². The average Bonchev–Trinajstić information content (AvgIpc) is 3.05. The number of allylic oxidation sites excluding steroid dienone is 2. The quantitative estimate of drug-likeness (QED) is 0.326. The number of carbonyl (C=O) groups excluding carboxylic acids is 2. The monoisotopic (exact) mass is 650 g/mol. The van der Waals surface area contributed by atoms with E-state index in [0.29, 0.717) is 12.8 Å². The van der Waals surface area contributed by atoms with Gasteiger partial charge in [0.2, 0.25) is 0 Å². The Balaban J connectivity index is 1.23. The van der Waals surface area contributed by atoms with Gasteiger partial charge in [-0.1, -0.05) is 100 Å². The fraction of sp³-hybridized carbons (Fsp3) is 0.605. The number of aliphatic carboxylic acids is 1. The first-order valence-electron chi connectivity index (χ1n) is 18.4. The first-order valence-corrected chi connectivity index (χ1v) is 18.4. The molecule has 0 saturated heterocycles. The van der Waals surface area contributed by atoms with Crippen LogP contribution in [0.15, 0.2) is 72.3 Å². The van der Waals surface area contributed by atoms with Crippen molar-refractivity contribution in [3.8, 4) is 0 Å². The number of carboxylic acid groups (broad SMARTS) is 1. The van der Waals surface area contributed by atoms with Gasteiger partial charge in [-0.05, 0) is 122 Å². The van der Waals surface area contributed by atoms with Gasteiger partial charge in [-0.2, -0.15) is 0 Å². The Kier molecular flexibility index (Phi) is 7.74. The molecule has 0 spiro atoms. The van der Waals surface area contributed by atoms with E-state index in [1.165, 1.54) is 5.57 Å². The molecule has 2 aromatic carbocycles. The van der Waals surface area contributed by atoms with E-state index in [1.54, 1.807) is 0 Å². The zero-order valence-corrected chi connectivity index (χ0v) is 29.8. The van der Waals surface area contributed by atoms with E-state index in [1.807, 2.05) is 73.7 Å². The molecule has 1 N–H and O–H groups in total. The van der Waals surface area contributed by atoms with Crippen LogP contribution in [0.3, 0.4) is 0 Å². The maximum atomic E-state index is 14.7. The topological polar surface area (TPSA) is 80.7 Å². The Morgan fingerprint density at radius 1 is 0.792 bits per heavy atom.